The molecule has 9 heteroatoms. The van der Waals surface area contributed by atoms with Gasteiger partial charge in [-0.2, -0.15) is 0 Å². The number of aliphatic hydroxyl groups is 2. The number of nitrogens with zero attached hydrogens (tertiary/aromatic N) is 1. The van der Waals surface area contributed by atoms with Crippen molar-refractivity contribution < 1.29 is 23.6 Å². The fourth-order valence-electron chi connectivity index (χ4n) is 1.79. The summed E-state index contributed by atoms with van der Waals surface area (Å²) >= 11 is 0. The van der Waals surface area contributed by atoms with Crippen molar-refractivity contribution in [1.82, 2.24) is 4.72 Å². The van der Waals surface area contributed by atoms with E-state index in [-0.39, 0.29) is 17.7 Å². The quantitative estimate of drug-likeness (QED) is 0.462. The number of nitrogens with one attached hydrogen (secondary N) is 1. The zero-order chi connectivity index (χ0) is 16.1. The molecule has 0 saturated carbocycles. The molecule has 0 atom stereocenters. The van der Waals surface area contributed by atoms with Gasteiger partial charge >= 0.3 is 0 Å². The van der Waals surface area contributed by atoms with Gasteiger partial charge in [-0.05, 0) is 6.42 Å². The van der Waals surface area contributed by atoms with Gasteiger partial charge in [0.15, 0.2) is 0 Å². The molecule has 118 valence electrons. The Bertz CT molecular complexity index is 589. The van der Waals surface area contributed by atoms with Gasteiger partial charge in [0.2, 0.25) is 10.0 Å². The highest BCUT2D eigenvalue weighted by atomic mass is 32.2. The van der Waals surface area contributed by atoms with Crippen molar-refractivity contribution in [3.05, 3.63) is 39.9 Å². The highest BCUT2D eigenvalue weighted by Crippen LogP contribution is 2.21. The number of hydrogen-bond donors (Lipinski definition) is 3. The summed E-state index contributed by atoms with van der Waals surface area (Å²) in [7, 11) is -3.96. The lowest BCUT2D eigenvalue weighted by Crippen LogP contribution is -2.53. The summed E-state index contributed by atoms with van der Waals surface area (Å²) in [4.78, 5) is 10.2. The number of para-hydroxylation sites is 1. The summed E-state index contributed by atoms with van der Waals surface area (Å²) in [6.07, 6.45) is 0.177. The molecule has 0 bridgehead atoms. The average Bonchev–Trinajstić information content (AvgIpc) is 2.45. The molecule has 0 aliphatic rings. The lowest BCUT2D eigenvalue weighted by atomic mass is 10.0. The van der Waals surface area contributed by atoms with E-state index < -0.39 is 39.5 Å². The van der Waals surface area contributed by atoms with E-state index in [1.54, 1.807) is 6.92 Å². The number of hydrogen-bond acceptors (Lipinski definition) is 6. The van der Waals surface area contributed by atoms with E-state index in [4.69, 9.17) is 0 Å². The summed E-state index contributed by atoms with van der Waals surface area (Å²) in [6, 6.07) is 5.52. The van der Waals surface area contributed by atoms with Gasteiger partial charge in [0.05, 0.1) is 29.4 Å². The highest BCUT2D eigenvalue weighted by molar-refractivity contribution is 7.88. The normalized spacial score (nSPS) is 12.3. The zero-order valence-corrected chi connectivity index (χ0v) is 12.3. The van der Waals surface area contributed by atoms with Crippen molar-refractivity contribution in [3.8, 4) is 0 Å². The first-order valence-corrected chi connectivity index (χ1v) is 7.90. The molecule has 0 unspecified atom stereocenters. The van der Waals surface area contributed by atoms with E-state index >= 15 is 0 Å². The maximum atomic E-state index is 12.1. The summed E-state index contributed by atoms with van der Waals surface area (Å²) in [5.41, 5.74) is -1.63. The minimum atomic E-state index is -3.96. The number of benzene rings is 1. The molecule has 1 rings (SSSR count). The Morgan fingerprint density at radius 1 is 1.29 bits per heavy atom. The smallest absolute Gasteiger partial charge is 0.273 e. The summed E-state index contributed by atoms with van der Waals surface area (Å²) in [5, 5.41) is 29.4. The molecule has 0 heterocycles. The monoisotopic (exact) mass is 318 g/mol. The minimum Gasteiger partial charge on any atom is -0.394 e. The van der Waals surface area contributed by atoms with Crippen LogP contribution in [0.5, 0.6) is 0 Å². The van der Waals surface area contributed by atoms with Crippen molar-refractivity contribution in [3.63, 3.8) is 0 Å². The molecule has 0 radical (unpaired) electrons. The van der Waals surface area contributed by atoms with Crippen molar-refractivity contribution in [2.45, 2.75) is 24.6 Å². The molecular formula is C12H18N2O6S. The maximum Gasteiger partial charge on any atom is 0.273 e. The summed E-state index contributed by atoms with van der Waals surface area (Å²) in [6.45, 7) is 0.464. The number of sulfonamides is 1. The summed E-state index contributed by atoms with van der Waals surface area (Å²) in [5.74, 6) is -0.605. The lowest BCUT2D eigenvalue weighted by Gasteiger charge is -2.29. The van der Waals surface area contributed by atoms with Crippen molar-refractivity contribution in [2.75, 3.05) is 13.2 Å². The Kier molecular flexibility index (Phi) is 5.78. The topological polar surface area (TPSA) is 130 Å². The van der Waals surface area contributed by atoms with Crippen LogP contribution in [0.15, 0.2) is 24.3 Å². The first kappa shape index (κ1) is 17.5. The van der Waals surface area contributed by atoms with Crippen LogP contribution in [0.25, 0.3) is 0 Å². The Balaban J connectivity index is 3.04. The van der Waals surface area contributed by atoms with E-state index in [1.165, 1.54) is 24.3 Å². The van der Waals surface area contributed by atoms with E-state index in [2.05, 4.69) is 4.72 Å². The molecular weight excluding hydrogens is 300 g/mol. The molecule has 0 amide bonds. The predicted octanol–water partition coefficient (Wildman–Crippen LogP) is 0.148. The molecule has 0 aromatic heterocycles. The average molecular weight is 318 g/mol. The molecule has 0 aliphatic carbocycles. The molecule has 0 fully saturated rings. The molecule has 0 spiro atoms. The second-order valence-electron chi connectivity index (χ2n) is 4.70. The first-order chi connectivity index (χ1) is 9.79. The fourth-order valence-corrected chi connectivity index (χ4v) is 3.45. The van der Waals surface area contributed by atoms with Crippen LogP contribution in [-0.4, -0.2) is 42.3 Å². The number of nitro benzene ring substituents is 1. The standard InChI is InChI=1S/C12H18N2O6S/c1-2-12(8-15,9-16)13-21(19,20)7-10-5-3-4-6-11(10)14(17)18/h3-6,13,15-16H,2,7-9H2,1H3. The highest BCUT2D eigenvalue weighted by Gasteiger charge is 2.32. The predicted molar refractivity (Wildman–Crippen MR) is 76.0 cm³/mol. The van der Waals surface area contributed by atoms with Crippen molar-refractivity contribution in [2.24, 2.45) is 0 Å². The van der Waals surface area contributed by atoms with Crippen LogP contribution < -0.4 is 4.72 Å². The fraction of sp³-hybridized carbons (Fsp3) is 0.500. The zero-order valence-electron chi connectivity index (χ0n) is 11.5. The van der Waals surface area contributed by atoms with Gasteiger partial charge in [-0.25, -0.2) is 13.1 Å². The number of aliphatic hydroxyl groups excluding tert-OH is 2. The van der Waals surface area contributed by atoms with Gasteiger partial charge in [-0.1, -0.05) is 25.1 Å². The van der Waals surface area contributed by atoms with Crippen LogP contribution in [0.1, 0.15) is 18.9 Å². The van der Waals surface area contributed by atoms with Crippen LogP contribution >= 0.6 is 0 Å². The van der Waals surface area contributed by atoms with Gasteiger partial charge in [0.1, 0.15) is 0 Å². The second-order valence-corrected chi connectivity index (χ2v) is 6.42. The largest absolute Gasteiger partial charge is 0.394 e. The Labute approximate surface area is 122 Å². The van der Waals surface area contributed by atoms with Crippen LogP contribution in [0.2, 0.25) is 0 Å². The van der Waals surface area contributed by atoms with Gasteiger partial charge < -0.3 is 10.2 Å². The van der Waals surface area contributed by atoms with Gasteiger partial charge in [-0.15, -0.1) is 0 Å². The maximum absolute atomic E-state index is 12.1. The first-order valence-electron chi connectivity index (χ1n) is 6.25. The van der Waals surface area contributed by atoms with E-state index in [0.717, 1.165) is 0 Å². The SMILES string of the molecule is CCC(CO)(CO)NS(=O)(=O)Cc1ccccc1[N+](=O)[O-]. The Morgan fingerprint density at radius 3 is 2.33 bits per heavy atom. The second kappa shape index (κ2) is 6.94. The molecule has 1 aromatic carbocycles. The van der Waals surface area contributed by atoms with Gasteiger partial charge in [-0.3, -0.25) is 10.1 Å². The van der Waals surface area contributed by atoms with Crippen LogP contribution in [-0.2, 0) is 15.8 Å². The van der Waals surface area contributed by atoms with E-state index in [9.17, 15) is 28.7 Å². The molecule has 8 nitrogen and oxygen atoms in total. The van der Waals surface area contributed by atoms with E-state index in [0.29, 0.717) is 0 Å². The van der Waals surface area contributed by atoms with Crippen LogP contribution in [0.3, 0.4) is 0 Å². The Hall–Kier alpha value is -1.55. The van der Waals surface area contributed by atoms with E-state index in [1.807, 2.05) is 0 Å². The van der Waals surface area contributed by atoms with Crippen LogP contribution in [0.4, 0.5) is 5.69 Å². The third kappa shape index (κ3) is 4.46. The molecule has 0 aliphatic heterocycles. The van der Waals surface area contributed by atoms with Crippen LogP contribution in [0, 0.1) is 10.1 Å². The third-order valence-corrected chi connectivity index (χ3v) is 4.62. The minimum absolute atomic E-state index is 0.0379. The number of rotatable bonds is 8. The van der Waals surface area contributed by atoms with Gasteiger partial charge in [0, 0.05) is 11.6 Å². The molecule has 21 heavy (non-hydrogen) atoms. The Morgan fingerprint density at radius 2 is 1.86 bits per heavy atom. The lowest BCUT2D eigenvalue weighted by molar-refractivity contribution is -0.385. The van der Waals surface area contributed by atoms with Crippen molar-refractivity contribution in [1.29, 1.82) is 0 Å². The molecule has 3 N–H and O–H groups in total. The summed E-state index contributed by atoms with van der Waals surface area (Å²) < 4.78 is 26.4. The third-order valence-electron chi connectivity index (χ3n) is 3.19. The molecule has 1 aromatic rings. The molecule has 0 saturated heterocycles. The van der Waals surface area contributed by atoms with Gasteiger partial charge in [0.25, 0.3) is 5.69 Å². The number of nitro groups is 1. The van der Waals surface area contributed by atoms with Crippen molar-refractivity contribution >= 4 is 15.7 Å².